The minimum atomic E-state index is -3.90. The van der Waals surface area contributed by atoms with Crippen molar-refractivity contribution in [2.45, 2.75) is 50.0 Å². The molecule has 1 aromatic carbocycles. The summed E-state index contributed by atoms with van der Waals surface area (Å²) in [4.78, 5) is 13.9. The van der Waals surface area contributed by atoms with Crippen molar-refractivity contribution < 1.29 is 22.3 Å². The molecule has 0 saturated carbocycles. The van der Waals surface area contributed by atoms with E-state index in [4.69, 9.17) is 4.74 Å². The smallest absolute Gasteiger partial charge is 0.317 e. The van der Waals surface area contributed by atoms with Gasteiger partial charge in [-0.1, -0.05) is 32.0 Å². The first kappa shape index (κ1) is 21.0. The SMILES string of the molecule is CC(C)[C@@H](C)NC(=O)N1CCC2(OCCN2S(=O)(=O)c2ccccc2)C(F)C1. The maximum absolute atomic E-state index is 15.3. The number of benzene rings is 1. The summed E-state index contributed by atoms with van der Waals surface area (Å²) in [6.07, 6.45) is -1.55. The van der Waals surface area contributed by atoms with Crippen molar-refractivity contribution in [2.75, 3.05) is 26.2 Å². The average Bonchev–Trinajstić information content (AvgIpc) is 3.10. The number of carbonyl (C=O) groups is 1. The summed E-state index contributed by atoms with van der Waals surface area (Å²) < 4.78 is 48.3. The summed E-state index contributed by atoms with van der Waals surface area (Å²) in [5, 5.41) is 2.86. The molecule has 0 radical (unpaired) electrons. The van der Waals surface area contributed by atoms with Gasteiger partial charge in [0.1, 0.15) is 0 Å². The molecule has 2 unspecified atom stereocenters. The third-order valence-electron chi connectivity index (χ3n) is 5.65. The van der Waals surface area contributed by atoms with E-state index in [1.165, 1.54) is 17.0 Å². The molecule has 1 spiro atoms. The van der Waals surface area contributed by atoms with Crippen LogP contribution in [0.25, 0.3) is 0 Å². The molecule has 2 aliphatic rings. The molecule has 2 heterocycles. The Morgan fingerprint density at radius 1 is 1.25 bits per heavy atom. The van der Waals surface area contributed by atoms with Crippen molar-refractivity contribution in [3.63, 3.8) is 0 Å². The van der Waals surface area contributed by atoms with Gasteiger partial charge in [0.05, 0.1) is 18.0 Å². The summed E-state index contributed by atoms with van der Waals surface area (Å²) in [7, 11) is -3.90. The molecule has 1 aromatic rings. The van der Waals surface area contributed by atoms with Gasteiger partial charge in [-0.3, -0.25) is 0 Å². The van der Waals surface area contributed by atoms with E-state index in [-0.39, 0.29) is 55.5 Å². The van der Waals surface area contributed by atoms with Crippen LogP contribution in [-0.4, -0.2) is 67.8 Å². The Kier molecular flexibility index (Phi) is 5.97. The van der Waals surface area contributed by atoms with E-state index in [0.717, 1.165) is 4.31 Å². The van der Waals surface area contributed by atoms with Crippen molar-refractivity contribution in [3.05, 3.63) is 30.3 Å². The minimum Gasteiger partial charge on any atom is -0.355 e. The highest BCUT2D eigenvalue weighted by Crippen LogP contribution is 2.39. The predicted octanol–water partition coefficient (Wildman–Crippen LogP) is 2.20. The third kappa shape index (κ3) is 3.75. The fourth-order valence-electron chi connectivity index (χ4n) is 3.57. The van der Waals surface area contributed by atoms with Crippen LogP contribution in [0.4, 0.5) is 9.18 Å². The summed E-state index contributed by atoms with van der Waals surface area (Å²) in [6.45, 7) is 6.11. The van der Waals surface area contributed by atoms with E-state index in [9.17, 15) is 13.2 Å². The number of sulfonamides is 1. The van der Waals surface area contributed by atoms with Crippen LogP contribution < -0.4 is 5.32 Å². The van der Waals surface area contributed by atoms with Crippen molar-refractivity contribution in [3.8, 4) is 0 Å². The van der Waals surface area contributed by atoms with Crippen molar-refractivity contribution >= 4 is 16.1 Å². The number of nitrogens with one attached hydrogen (secondary N) is 1. The molecule has 2 amide bonds. The van der Waals surface area contributed by atoms with E-state index in [0.29, 0.717) is 0 Å². The van der Waals surface area contributed by atoms with Gasteiger partial charge in [-0.25, -0.2) is 17.6 Å². The van der Waals surface area contributed by atoms with Crippen LogP contribution in [0.15, 0.2) is 35.2 Å². The molecule has 0 aromatic heterocycles. The Morgan fingerprint density at radius 2 is 1.93 bits per heavy atom. The molecule has 2 aliphatic heterocycles. The number of hydrogen-bond acceptors (Lipinski definition) is 4. The Bertz CT molecular complexity index is 805. The minimum absolute atomic E-state index is 0.0425. The van der Waals surface area contributed by atoms with Gasteiger partial charge in [0.2, 0.25) is 10.0 Å². The standard InChI is InChI=1S/C19H28FN3O4S/c1-14(2)15(3)21-18(24)22-10-9-19(17(20)13-22)23(11-12-27-19)28(25,26)16-7-5-4-6-8-16/h4-8,14-15,17H,9-13H2,1-3H3,(H,21,24)/t15-,17?,19?/m1/s1. The number of likely N-dealkylation sites (tertiary alicyclic amines) is 1. The Hall–Kier alpha value is -1.71. The van der Waals surface area contributed by atoms with Crippen molar-refractivity contribution in [1.82, 2.24) is 14.5 Å². The number of hydrogen-bond donors (Lipinski definition) is 1. The zero-order chi connectivity index (χ0) is 20.5. The van der Waals surface area contributed by atoms with Gasteiger partial charge in [0.25, 0.3) is 0 Å². The van der Waals surface area contributed by atoms with Gasteiger partial charge in [-0.05, 0) is 25.0 Å². The van der Waals surface area contributed by atoms with E-state index >= 15 is 4.39 Å². The quantitative estimate of drug-likeness (QED) is 0.821. The first-order chi connectivity index (χ1) is 13.2. The number of amides is 2. The van der Waals surface area contributed by atoms with Gasteiger partial charge in [0.15, 0.2) is 11.9 Å². The number of rotatable bonds is 4. The van der Waals surface area contributed by atoms with E-state index < -0.39 is 21.9 Å². The lowest BCUT2D eigenvalue weighted by atomic mass is 9.99. The number of carbonyl (C=O) groups excluding carboxylic acids is 1. The zero-order valence-corrected chi connectivity index (χ0v) is 17.3. The molecular formula is C19H28FN3O4S. The molecule has 1 N–H and O–H groups in total. The van der Waals surface area contributed by atoms with Gasteiger partial charge in [-0.15, -0.1) is 0 Å². The first-order valence-corrected chi connectivity index (χ1v) is 11.0. The fourth-order valence-corrected chi connectivity index (χ4v) is 5.31. The van der Waals surface area contributed by atoms with Gasteiger partial charge in [-0.2, -0.15) is 4.31 Å². The highest BCUT2D eigenvalue weighted by atomic mass is 32.2. The summed E-state index contributed by atoms with van der Waals surface area (Å²) in [5.74, 6) is 0.255. The molecule has 2 fully saturated rings. The lowest BCUT2D eigenvalue weighted by Gasteiger charge is -2.45. The normalized spacial score (nSPS) is 27.3. The molecular weight excluding hydrogens is 385 g/mol. The highest BCUT2D eigenvalue weighted by molar-refractivity contribution is 7.89. The molecule has 0 aliphatic carbocycles. The van der Waals surface area contributed by atoms with Crippen LogP contribution in [0.1, 0.15) is 27.2 Å². The van der Waals surface area contributed by atoms with Crippen LogP contribution in [0, 0.1) is 5.92 Å². The van der Waals surface area contributed by atoms with Crippen LogP contribution in [0.5, 0.6) is 0 Å². The second kappa shape index (κ2) is 7.96. The second-order valence-corrected chi connectivity index (χ2v) is 9.59. The van der Waals surface area contributed by atoms with Crippen molar-refractivity contribution in [2.24, 2.45) is 5.92 Å². The summed E-state index contributed by atoms with van der Waals surface area (Å²) in [6, 6.07) is 7.59. The van der Waals surface area contributed by atoms with Crippen molar-refractivity contribution in [1.29, 1.82) is 0 Å². The molecule has 156 valence electrons. The molecule has 3 rings (SSSR count). The molecule has 7 nitrogen and oxygen atoms in total. The average molecular weight is 414 g/mol. The van der Waals surface area contributed by atoms with E-state index in [1.807, 2.05) is 20.8 Å². The summed E-state index contributed by atoms with van der Waals surface area (Å²) in [5.41, 5.74) is -1.56. The number of urea groups is 1. The lowest BCUT2D eigenvalue weighted by molar-refractivity contribution is -0.135. The van der Waals surface area contributed by atoms with Crippen LogP contribution in [-0.2, 0) is 14.8 Å². The van der Waals surface area contributed by atoms with Gasteiger partial charge in [0, 0.05) is 25.6 Å². The number of ether oxygens (including phenoxy) is 1. The lowest BCUT2D eigenvalue weighted by Crippen LogP contribution is -2.64. The monoisotopic (exact) mass is 413 g/mol. The molecule has 3 atom stereocenters. The number of nitrogens with zero attached hydrogens (tertiary/aromatic N) is 2. The number of piperidine rings is 1. The number of alkyl halides is 1. The Labute approximate surface area is 165 Å². The van der Waals surface area contributed by atoms with E-state index in [2.05, 4.69) is 5.32 Å². The Morgan fingerprint density at radius 3 is 2.54 bits per heavy atom. The summed E-state index contributed by atoms with van der Waals surface area (Å²) >= 11 is 0. The highest BCUT2D eigenvalue weighted by Gasteiger charge is 2.57. The molecule has 0 bridgehead atoms. The molecule has 9 heteroatoms. The second-order valence-electron chi connectivity index (χ2n) is 7.73. The molecule has 28 heavy (non-hydrogen) atoms. The van der Waals surface area contributed by atoms with Crippen LogP contribution >= 0.6 is 0 Å². The fraction of sp³-hybridized carbons (Fsp3) is 0.632. The zero-order valence-electron chi connectivity index (χ0n) is 16.5. The van der Waals surface area contributed by atoms with Crippen LogP contribution in [0.2, 0.25) is 0 Å². The third-order valence-corrected chi connectivity index (χ3v) is 7.59. The number of halogens is 1. The first-order valence-electron chi connectivity index (χ1n) is 9.60. The van der Waals surface area contributed by atoms with Gasteiger partial charge >= 0.3 is 6.03 Å². The van der Waals surface area contributed by atoms with Crippen LogP contribution in [0.3, 0.4) is 0 Å². The Balaban J connectivity index is 1.77. The van der Waals surface area contributed by atoms with Gasteiger partial charge < -0.3 is 15.0 Å². The topological polar surface area (TPSA) is 79.0 Å². The largest absolute Gasteiger partial charge is 0.355 e. The predicted molar refractivity (Wildman–Crippen MR) is 103 cm³/mol. The maximum Gasteiger partial charge on any atom is 0.317 e. The maximum atomic E-state index is 15.3. The molecule has 2 saturated heterocycles. The van der Waals surface area contributed by atoms with E-state index in [1.54, 1.807) is 18.2 Å².